The molecule has 2 amide bonds. The number of rotatable bonds is 7. The highest BCUT2D eigenvalue weighted by molar-refractivity contribution is 5.88. The maximum atomic E-state index is 11.5. The van der Waals surface area contributed by atoms with Crippen molar-refractivity contribution in [1.29, 1.82) is 0 Å². The third-order valence-corrected chi connectivity index (χ3v) is 2.40. The summed E-state index contributed by atoms with van der Waals surface area (Å²) in [7, 11) is 0. The minimum atomic E-state index is -1.35. The number of nitrogens with two attached hydrogens (primary N) is 1. The third kappa shape index (κ3) is 5.38. The molecule has 0 aliphatic rings. The monoisotopic (exact) mass is 280 g/mol. The predicted molar refractivity (Wildman–Crippen MR) is 70.1 cm³/mol. The van der Waals surface area contributed by atoms with Gasteiger partial charge in [-0.3, -0.25) is 9.59 Å². The van der Waals surface area contributed by atoms with Crippen LogP contribution in [0, 0.1) is 6.92 Å². The largest absolute Gasteiger partial charge is 0.484 e. The number of hydrogen-bond donors (Lipinski definition) is 3. The summed E-state index contributed by atoms with van der Waals surface area (Å²) in [5.41, 5.74) is 5.88. The number of carbonyl (C=O) groups is 3. The van der Waals surface area contributed by atoms with Gasteiger partial charge in [0.05, 0.1) is 6.42 Å². The van der Waals surface area contributed by atoms with E-state index < -0.39 is 30.2 Å². The van der Waals surface area contributed by atoms with E-state index in [1.54, 1.807) is 18.2 Å². The van der Waals surface area contributed by atoms with Gasteiger partial charge in [-0.2, -0.15) is 0 Å². The molecule has 0 saturated carbocycles. The van der Waals surface area contributed by atoms with E-state index >= 15 is 0 Å². The molecular weight excluding hydrogens is 264 g/mol. The Labute approximate surface area is 115 Å². The van der Waals surface area contributed by atoms with Gasteiger partial charge in [0, 0.05) is 0 Å². The fourth-order valence-corrected chi connectivity index (χ4v) is 1.49. The molecule has 0 radical (unpaired) electrons. The summed E-state index contributed by atoms with van der Waals surface area (Å²) in [5, 5.41) is 11.0. The summed E-state index contributed by atoms with van der Waals surface area (Å²) in [6.45, 7) is 1.53. The SMILES string of the molecule is Cc1cccc(OCC(=O)NC(CC(N)=O)C(=O)O)c1. The fraction of sp³-hybridized carbons (Fsp3) is 0.308. The van der Waals surface area contributed by atoms with Crippen LogP contribution in [0.5, 0.6) is 5.75 Å². The normalized spacial score (nSPS) is 11.4. The molecule has 4 N–H and O–H groups in total. The molecule has 0 fully saturated rings. The van der Waals surface area contributed by atoms with Gasteiger partial charge in [-0.25, -0.2) is 4.79 Å². The van der Waals surface area contributed by atoms with Crippen molar-refractivity contribution in [2.24, 2.45) is 5.73 Å². The number of benzene rings is 1. The maximum Gasteiger partial charge on any atom is 0.326 e. The van der Waals surface area contributed by atoms with Crippen molar-refractivity contribution in [3.05, 3.63) is 29.8 Å². The Morgan fingerprint density at radius 3 is 2.65 bits per heavy atom. The number of carbonyl (C=O) groups excluding carboxylic acids is 2. The number of ether oxygens (including phenoxy) is 1. The van der Waals surface area contributed by atoms with E-state index in [2.05, 4.69) is 5.32 Å². The van der Waals surface area contributed by atoms with Crippen LogP contribution in [0.1, 0.15) is 12.0 Å². The van der Waals surface area contributed by atoms with Crippen molar-refractivity contribution in [3.63, 3.8) is 0 Å². The Balaban J connectivity index is 2.49. The Bertz CT molecular complexity index is 515. The smallest absolute Gasteiger partial charge is 0.326 e. The average Bonchev–Trinajstić information content (AvgIpc) is 2.35. The number of hydrogen-bond acceptors (Lipinski definition) is 4. The molecule has 7 heteroatoms. The van der Waals surface area contributed by atoms with E-state index in [4.69, 9.17) is 15.6 Å². The van der Waals surface area contributed by atoms with Crippen LogP contribution >= 0.6 is 0 Å². The van der Waals surface area contributed by atoms with Crippen molar-refractivity contribution < 1.29 is 24.2 Å². The first-order chi connectivity index (χ1) is 9.38. The van der Waals surface area contributed by atoms with Gasteiger partial charge in [0.2, 0.25) is 5.91 Å². The standard InChI is InChI=1S/C13H16N2O5/c1-8-3-2-4-9(5-8)20-7-12(17)15-10(13(18)19)6-11(14)16/h2-5,10H,6-7H2,1H3,(H2,14,16)(H,15,17)(H,18,19). The van der Waals surface area contributed by atoms with E-state index in [0.717, 1.165) is 5.56 Å². The van der Waals surface area contributed by atoms with E-state index in [1.807, 2.05) is 13.0 Å². The lowest BCUT2D eigenvalue weighted by atomic mass is 10.2. The zero-order valence-corrected chi connectivity index (χ0v) is 11.0. The van der Waals surface area contributed by atoms with Gasteiger partial charge in [-0.15, -0.1) is 0 Å². The van der Waals surface area contributed by atoms with Gasteiger partial charge in [0.25, 0.3) is 5.91 Å². The summed E-state index contributed by atoms with van der Waals surface area (Å²) in [5.74, 6) is -2.27. The van der Waals surface area contributed by atoms with Crippen molar-refractivity contribution >= 4 is 17.8 Å². The highest BCUT2D eigenvalue weighted by Crippen LogP contribution is 2.11. The minimum Gasteiger partial charge on any atom is -0.484 e. The second-order valence-electron chi connectivity index (χ2n) is 4.23. The molecule has 1 aromatic carbocycles. The summed E-state index contributed by atoms with van der Waals surface area (Å²) in [4.78, 5) is 33.1. The summed E-state index contributed by atoms with van der Waals surface area (Å²) < 4.78 is 5.21. The molecule has 0 heterocycles. The van der Waals surface area contributed by atoms with Crippen LogP contribution in [0.4, 0.5) is 0 Å². The highest BCUT2D eigenvalue weighted by atomic mass is 16.5. The molecular formula is C13H16N2O5. The first kappa shape index (κ1) is 15.5. The molecule has 0 aliphatic carbocycles. The van der Waals surface area contributed by atoms with Gasteiger partial charge >= 0.3 is 5.97 Å². The first-order valence-corrected chi connectivity index (χ1v) is 5.88. The average molecular weight is 280 g/mol. The van der Waals surface area contributed by atoms with Crippen LogP contribution in [0.15, 0.2) is 24.3 Å². The summed E-state index contributed by atoms with van der Waals surface area (Å²) in [6.07, 6.45) is -0.467. The Morgan fingerprint density at radius 1 is 1.40 bits per heavy atom. The van der Waals surface area contributed by atoms with Gasteiger partial charge < -0.3 is 20.9 Å². The van der Waals surface area contributed by atoms with Crippen molar-refractivity contribution in [2.45, 2.75) is 19.4 Å². The number of nitrogens with one attached hydrogen (secondary N) is 1. The molecule has 0 aromatic heterocycles. The Hall–Kier alpha value is -2.57. The molecule has 1 unspecified atom stereocenters. The third-order valence-electron chi connectivity index (χ3n) is 2.40. The van der Waals surface area contributed by atoms with Crippen LogP contribution in [0.25, 0.3) is 0 Å². The molecule has 0 saturated heterocycles. The second kappa shape index (κ2) is 7.13. The van der Waals surface area contributed by atoms with Gasteiger partial charge in [-0.05, 0) is 24.6 Å². The zero-order chi connectivity index (χ0) is 15.1. The van der Waals surface area contributed by atoms with Gasteiger partial charge in [-0.1, -0.05) is 12.1 Å². The molecule has 20 heavy (non-hydrogen) atoms. The first-order valence-electron chi connectivity index (χ1n) is 5.88. The lowest BCUT2D eigenvalue weighted by Crippen LogP contribution is -2.45. The van der Waals surface area contributed by atoms with Crippen molar-refractivity contribution in [3.8, 4) is 5.75 Å². The zero-order valence-electron chi connectivity index (χ0n) is 11.0. The summed E-state index contributed by atoms with van der Waals surface area (Å²) in [6, 6.07) is 5.72. The molecule has 1 atom stereocenters. The number of aliphatic carboxylic acids is 1. The molecule has 7 nitrogen and oxygen atoms in total. The molecule has 1 rings (SSSR count). The fourth-order valence-electron chi connectivity index (χ4n) is 1.49. The minimum absolute atomic E-state index is 0.341. The van der Waals surface area contributed by atoms with E-state index in [0.29, 0.717) is 5.75 Å². The molecule has 108 valence electrons. The topological polar surface area (TPSA) is 119 Å². The molecule has 1 aromatic rings. The van der Waals surface area contributed by atoms with Gasteiger partial charge in [0.1, 0.15) is 11.8 Å². The van der Waals surface area contributed by atoms with Crippen LogP contribution in [-0.4, -0.2) is 35.5 Å². The van der Waals surface area contributed by atoms with Crippen LogP contribution in [0.2, 0.25) is 0 Å². The molecule has 0 bridgehead atoms. The molecule has 0 aliphatic heterocycles. The Morgan fingerprint density at radius 2 is 2.10 bits per heavy atom. The number of primary amides is 1. The van der Waals surface area contributed by atoms with Gasteiger partial charge in [0.15, 0.2) is 6.61 Å². The van der Waals surface area contributed by atoms with Crippen LogP contribution < -0.4 is 15.8 Å². The Kier molecular flexibility index (Phi) is 5.52. The van der Waals surface area contributed by atoms with Crippen LogP contribution in [0.3, 0.4) is 0 Å². The highest BCUT2D eigenvalue weighted by Gasteiger charge is 2.22. The number of carboxylic acids is 1. The molecule has 0 spiro atoms. The lowest BCUT2D eigenvalue weighted by molar-refractivity contribution is -0.143. The second-order valence-corrected chi connectivity index (χ2v) is 4.23. The van der Waals surface area contributed by atoms with Crippen LogP contribution in [-0.2, 0) is 14.4 Å². The summed E-state index contributed by atoms with van der Waals surface area (Å²) >= 11 is 0. The van der Waals surface area contributed by atoms with E-state index in [1.165, 1.54) is 0 Å². The predicted octanol–water partition coefficient (Wildman–Crippen LogP) is -0.181. The lowest BCUT2D eigenvalue weighted by Gasteiger charge is -2.13. The number of carboxylic acid groups (broad SMARTS) is 1. The van der Waals surface area contributed by atoms with E-state index in [9.17, 15) is 14.4 Å². The number of aryl methyl sites for hydroxylation is 1. The number of amides is 2. The quantitative estimate of drug-likeness (QED) is 0.640. The maximum absolute atomic E-state index is 11.5. The van der Waals surface area contributed by atoms with E-state index in [-0.39, 0.29) is 6.61 Å². The van der Waals surface area contributed by atoms with Crippen molar-refractivity contribution in [1.82, 2.24) is 5.32 Å². The van der Waals surface area contributed by atoms with Crippen molar-refractivity contribution in [2.75, 3.05) is 6.61 Å².